The number of ketones is 1. The van der Waals surface area contributed by atoms with Crippen LogP contribution in [-0.2, 0) is 6.42 Å². The van der Waals surface area contributed by atoms with Gasteiger partial charge in [0.05, 0.1) is 12.2 Å². The van der Waals surface area contributed by atoms with Crippen LogP contribution in [0, 0.1) is 5.41 Å². The minimum absolute atomic E-state index is 0.0121. The third-order valence-corrected chi connectivity index (χ3v) is 3.25. The van der Waals surface area contributed by atoms with Crippen molar-refractivity contribution in [1.29, 1.82) is 0 Å². The van der Waals surface area contributed by atoms with Crippen molar-refractivity contribution in [3.63, 3.8) is 0 Å². The SMILES string of the molecule is CC1(C)CC(=O)c2cc([C@H](O)[C@H](O)CO)oc2C1. The van der Waals surface area contributed by atoms with Gasteiger partial charge in [0.15, 0.2) is 5.78 Å². The zero-order chi connectivity index (χ0) is 13.5. The van der Waals surface area contributed by atoms with E-state index >= 15 is 0 Å². The number of carbonyl (C=O) groups is 1. The summed E-state index contributed by atoms with van der Waals surface area (Å²) in [6.45, 7) is 3.40. The van der Waals surface area contributed by atoms with Crippen LogP contribution in [0.5, 0.6) is 0 Å². The van der Waals surface area contributed by atoms with Gasteiger partial charge in [0.25, 0.3) is 0 Å². The molecule has 0 saturated heterocycles. The van der Waals surface area contributed by atoms with E-state index in [0.717, 1.165) is 0 Å². The van der Waals surface area contributed by atoms with E-state index in [-0.39, 0.29) is 17.0 Å². The van der Waals surface area contributed by atoms with Crippen LogP contribution in [0.15, 0.2) is 10.5 Å². The van der Waals surface area contributed by atoms with Gasteiger partial charge < -0.3 is 19.7 Å². The van der Waals surface area contributed by atoms with Gasteiger partial charge in [0, 0.05) is 12.8 Å². The van der Waals surface area contributed by atoms with Gasteiger partial charge in [0.1, 0.15) is 23.7 Å². The van der Waals surface area contributed by atoms with Gasteiger partial charge in [0.2, 0.25) is 0 Å². The van der Waals surface area contributed by atoms with Crippen LogP contribution in [0.2, 0.25) is 0 Å². The van der Waals surface area contributed by atoms with Crippen LogP contribution < -0.4 is 0 Å². The van der Waals surface area contributed by atoms with E-state index in [1.54, 1.807) is 0 Å². The average molecular weight is 254 g/mol. The number of aliphatic hydroxyl groups excluding tert-OH is 3. The molecule has 18 heavy (non-hydrogen) atoms. The van der Waals surface area contributed by atoms with Crippen molar-refractivity contribution < 1.29 is 24.5 Å². The highest BCUT2D eigenvalue weighted by molar-refractivity contribution is 5.98. The first-order chi connectivity index (χ1) is 8.34. The fraction of sp³-hybridized carbons (Fsp3) is 0.615. The van der Waals surface area contributed by atoms with Crippen LogP contribution in [0.25, 0.3) is 0 Å². The first-order valence-electron chi connectivity index (χ1n) is 5.97. The summed E-state index contributed by atoms with van der Waals surface area (Å²) < 4.78 is 5.45. The minimum atomic E-state index is -1.31. The maximum Gasteiger partial charge on any atom is 0.166 e. The number of rotatable bonds is 3. The second-order valence-electron chi connectivity index (χ2n) is 5.62. The third-order valence-electron chi connectivity index (χ3n) is 3.25. The number of hydrogen-bond donors (Lipinski definition) is 3. The molecule has 2 rings (SSSR count). The molecule has 1 aliphatic rings. The second-order valence-corrected chi connectivity index (χ2v) is 5.62. The van der Waals surface area contributed by atoms with E-state index in [2.05, 4.69) is 0 Å². The number of fused-ring (bicyclic) bond motifs is 1. The van der Waals surface area contributed by atoms with Gasteiger partial charge >= 0.3 is 0 Å². The molecule has 5 nitrogen and oxygen atoms in total. The standard InChI is InChI=1S/C13H18O5/c1-13(2)4-8(15)7-3-10(18-11(7)5-13)12(17)9(16)6-14/h3,9,12,14,16-17H,4-6H2,1-2H3/t9-,12-/m1/s1. The third kappa shape index (κ3) is 2.34. The molecule has 5 heteroatoms. The summed E-state index contributed by atoms with van der Waals surface area (Å²) in [4.78, 5) is 11.9. The summed E-state index contributed by atoms with van der Waals surface area (Å²) >= 11 is 0. The normalized spacial score (nSPS) is 21.5. The van der Waals surface area contributed by atoms with Crippen LogP contribution in [0.1, 0.15) is 48.3 Å². The highest BCUT2D eigenvalue weighted by atomic mass is 16.4. The second kappa shape index (κ2) is 4.50. The van der Waals surface area contributed by atoms with E-state index in [0.29, 0.717) is 24.2 Å². The molecular formula is C13H18O5. The summed E-state index contributed by atoms with van der Waals surface area (Å²) in [6.07, 6.45) is -1.55. The molecule has 0 saturated carbocycles. The fourth-order valence-corrected chi connectivity index (χ4v) is 2.28. The van der Waals surface area contributed by atoms with Gasteiger partial charge in [-0.05, 0) is 11.5 Å². The molecule has 1 heterocycles. The number of Topliss-reactive ketones (excluding diaryl/α,β-unsaturated/α-hetero) is 1. The predicted octanol–water partition coefficient (Wildman–Crippen LogP) is 0.821. The van der Waals surface area contributed by atoms with Gasteiger partial charge in [-0.1, -0.05) is 13.8 Å². The zero-order valence-corrected chi connectivity index (χ0v) is 10.5. The lowest BCUT2D eigenvalue weighted by Gasteiger charge is -2.26. The Morgan fingerprint density at radius 2 is 2.06 bits per heavy atom. The monoisotopic (exact) mass is 254 g/mol. The largest absolute Gasteiger partial charge is 0.462 e. The summed E-state index contributed by atoms with van der Waals surface area (Å²) in [5.74, 6) is 0.671. The first-order valence-corrected chi connectivity index (χ1v) is 5.97. The fourth-order valence-electron chi connectivity index (χ4n) is 2.28. The lowest BCUT2D eigenvalue weighted by atomic mass is 9.76. The van der Waals surface area contributed by atoms with E-state index in [9.17, 15) is 15.0 Å². The van der Waals surface area contributed by atoms with E-state index in [1.807, 2.05) is 13.8 Å². The summed E-state index contributed by atoms with van der Waals surface area (Å²) in [5, 5.41) is 27.9. The van der Waals surface area contributed by atoms with E-state index in [1.165, 1.54) is 6.07 Å². The average Bonchev–Trinajstić information content (AvgIpc) is 2.69. The molecule has 1 aromatic rings. The Labute approximate surface area is 105 Å². The number of hydrogen-bond acceptors (Lipinski definition) is 5. The summed E-state index contributed by atoms with van der Waals surface area (Å²) in [7, 11) is 0. The van der Waals surface area contributed by atoms with Gasteiger partial charge in [-0.2, -0.15) is 0 Å². The highest BCUT2D eigenvalue weighted by Gasteiger charge is 2.35. The molecule has 0 bridgehead atoms. The zero-order valence-electron chi connectivity index (χ0n) is 10.5. The minimum Gasteiger partial charge on any atom is -0.462 e. The van der Waals surface area contributed by atoms with Crippen molar-refractivity contribution in [2.75, 3.05) is 6.61 Å². The van der Waals surface area contributed by atoms with E-state index < -0.39 is 18.8 Å². The highest BCUT2D eigenvalue weighted by Crippen LogP contribution is 2.37. The maximum absolute atomic E-state index is 11.9. The molecular weight excluding hydrogens is 236 g/mol. The molecule has 0 aliphatic heterocycles. The molecule has 3 N–H and O–H groups in total. The van der Waals surface area contributed by atoms with Crippen molar-refractivity contribution in [1.82, 2.24) is 0 Å². The molecule has 1 aliphatic carbocycles. The maximum atomic E-state index is 11.9. The Kier molecular flexibility index (Phi) is 3.31. The number of furan rings is 1. The molecule has 100 valence electrons. The van der Waals surface area contributed by atoms with Crippen molar-refractivity contribution in [3.8, 4) is 0 Å². The Morgan fingerprint density at radius 3 is 2.67 bits per heavy atom. The topological polar surface area (TPSA) is 90.9 Å². The molecule has 0 spiro atoms. The Hall–Kier alpha value is -1.17. The lowest BCUT2D eigenvalue weighted by Crippen LogP contribution is -2.25. The molecule has 0 fully saturated rings. The molecule has 0 radical (unpaired) electrons. The van der Waals surface area contributed by atoms with Gasteiger partial charge in [-0.15, -0.1) is 0 Å². The Balaban J connectivity index is 2.32. The van der Waals surface area contributed by atoms with Crippen molar-refractivity contribution >= 4 is 5.78 Å². The van der Waals surface area contributed by atoms with Crippen molar-refractivity contribution in [3.05, 3.63) is 23.2 Å². The number of aliphatic hydroxyl groups is 3. The van der Waals surface area contributed by atoms with Crippen molar-refractivity contribution in [2.24, 2.45) is 5.41 Å². The van der Waals surface area contributed by atoms with Crippen LogP contribution in [0.4, 0.5) is 0 Å². The first kappa shape index (κ1) is 13.3. The van der Waals surface area contributed by atoms with E-state index in [4.69, 9.17) is 9.52 Å². The molecule has 0 amide bonds. The van der Waals surface area contributed by atoms with Gasteiger partial charge in [-0.3, -0.25) is 4.79 Å². The lowest BCUT2D eigenvalue weighted by molar-refractivity contribution is -0.0257. The van der Waals surface area contributed by atoms with Crippen LogP contribution in [0.3, 0.4) is 0 Å². The van der Waals surface area contributed by atoms with Crippen LogP contribution >= 0.6 is 0 Å². The molecule has 0 unspecified atom stereocenters. The number of carbonyl (C=O) groups excluding carboxylic acids is 1. The van der Waals surface area contributed by atoms with Crippen LogP contribution in [-0.4, -0.2) is 33.8 Å². The Morgan fingerprint density at radius 1 is 1.39 bits per heavy atom. The summed E-state index contributed by atoms with van der Waals surface area (Å²) in [5.41, 5.74) is 0.327. The molecule has 1 aromatic heterocycles. The molecule has 2 atom stereocenters. The summed E-state index contributed by atoms with van der Waals surface area (Å²) in [6, 6.07) is 1.47. The predicted molar refractivity (Wildman–Crippen MR) is 63.2 cm³/mol. The van der Waals surface area contributed by atoms with Gasteiger partial charge in [-0.25, -0.2) is 0 Å². The smallest absolute Gasteiger partial charge is 0.166 e. The Bertz CT molecular complexity index is 460. The molecule has 0 aromatic carbocycles. The van der Waals surface area contributed by atoms with Crippen molar-refractivity contribution in [2.45, 2.75) is 38.9 Å². The quantitative estimate of drug-likeness (QED) is 0.743.